The molecular weight excluding hydrogens is 475 g/mol. The molecule has 1 saturated heterocycles. The molecule has 1 aliphatic heterocycles. The quantitative estimate of drug-likeness (QED) is 0.370. The van der Waals surface area contributed by atoms with Crippen LogP contribution in [0.4, 0.5) is 5.69 Å². The summed E-state index contributed by atoms with van der Waals surface area (Å²) in [5, 5.41) is 7.95. The number of benzene rings is 3. The van der Waals surface area contributed by atoms with Gasteiger partial charge >= 0.3 is 0 Å². The third-order valence-electron chi connectivity index (χ3n) is 5.62. The molecule has 1 amide bonds. The zero-order valence-electron chi connectivity index (χ0n) is 17.9. The number of halogens is 2. The molecule has 0 spiro atoms. The molecule has 3 aromatic carbocycles. The van der Waals surface area contributed by atoms with Gasteiger partial charge in [-0.2, -0.15) is 0 Å². The topological polar surface area (TPSA) is 57.3 Å². The molecule has 0 atom stereocenters. The van der Waals surface area contributed by atoms with Gasteiger partial charge in [0.2, 0.25) is 0 Å². The standard InChI is InChI=1S/C25H23ClN4OS.ClH/c26-19-10-8-17(9-11-19)24(31)28-21-6-2-1-5-20(21)25-29-23-18(4-3-7-22(23)32-25)16-30-14-12-27-13-15-30;/h1-11,27H,12-16H2,(H,28,31);1H. The van der Waals surface area contributed by atoms with Gasteiger partial charge in [0.1, 0.15) is 5.01 Å². The summed E-state index contributed by atoms with van der Waals surface area (Å²) in [5.41, 5.74) is 4.52. The number of anilines is 1. The van der Waals surface area contributed by atoms with Gasteiger partial charge in [-0.05, 0) is 48.0 Å². The van der Waals surface area contributed by atoms with Crippen LogP contribution in [0.15, 0.2) is 66.7 Å². The number of rotatable bonds is 5. The zero-order chi connectivity index (χ0) is 21.9. The highest BCUT2D eigenvalue weighted by Gasteiger charge is 2.17. The number of hydrogen-bond donors (Lipinski definition) is 2. The Hall–Kier alpha value is -2.48. The number of amides is 1. The van der Waals surface area contributed by atoms with Crippen LogP contribution in [0.3, 0.4) is 0 Å². The van der Waals surface area contributed by atoms with E-state index in [-0.39, 0.29) is 18.3 Å². The van der Waals surface area contributed by atoms with Crippen LogP contribution in [0.25, 0.3) is 20.8 Å². The molecular formula is C25H24Cl2N4OS. The van der Waals surface area contributed by atoms with Gasteiger partial charge < -0.3 is 10.6 Å². The third-order valence-corrected chi connectivity index (χ3v) is 6.92. The monoisotopic (exact) mass is 498 g/mol. The van der Waals surface area contributed by atoms with Crippen LogP contribution >= 0.6 is 35.3 Å². The first-order valence-electron chi connectivity index (χ1n) is 10.7. The second kappa shape index (κ2) is 10.6. The van der Waals surface area contributed by atoms with E-state index in [9.17, 15) is 4.79 Å². The number of nitrogens with zero attached hydrogens (tertiary/aromatic N) is 2. The van der Waals surface area contributed by atoms with Gasteiger partial charge in [0.05, 0.1) is 15.9 Å². The highest BCUT2D eigenvalue weighted by atomic mass is 35.5. The second-order valence-electron chi connectivity index (χ2n) is 7.82. The number of nitrogens with one attached hydrogen (secondary N) is 2. The second-order valence-corrected chi connectivity index (χ2v) is 9.28. The van der Waals surface area contributed by atoms with E-state index in [1.165, 1.54) is 5.56 Å². The summed E-state index contributed by atoms with van der Waals surface area (Å²) in [5.74, 6) is -0.172. The molecule has 1 aromatic heterocycles. The van der Waals surface area contributed by atoms with E-state index in [0.717, 1.165) is 59.2 Å². The number of piperazine rings is 1. The smallest absolute Gasteiger partial charge is 0.255 e. The molecule has 0 unspecified atom stereocenters. The molecule has 2 heterocycles. The van der Waals surface area contributed by atoms with Crippen LogP contribution in [-0.4, -0.2) is 42.0 Å². The highest BCUT2D eigenvalue weighted by molar-refractivity contribution is 7.21. The lowest BCUT2D eigenvalue weighted by molar-refractivity contribution is 0.102. The average Bonchev–Trinajstić information content (AvgIpc) is 3.26. The Balaban J connectivity index is 0.00000259. The number of hydrogen-bond acceptors (Lipinski definition) is 5. The van der Waals surface area contributed by atoms with Crippen LogP contribution in [0, 0.1) is 0 Å². The van der Waals surface area contributed by atoms with Crippen LogP contribution in [0.1, 0.15) is 15.9 Å². The van der Waals surface area contributed by atoms with Crippen LogP contribution in [0.5, 0.6) is 0 Å². The predicted molar refractivity (Wildman–Crippen MR) is 140 cm³/mol. The third kappa shape index (κ3) is 5.37. The Labute approximate surface area is 208 Å². The summed E-state index contributed by atoms with van der Waals surface area (Å²) in [6, 6.07) is 21.1. The fraction of sp³-hybridized carbons (Fsp3) is 0.200. The summed E-state index contributed by atoms with van der Waals surface area (Å²) in [6.07, 6.45) is 0. The van der Waals surface area contributed by atoms with Crippen molar-refractivity contribution in [3.05, 3.63) is 82.9 Å². The summed E-state index contributed by atoms with van der Waals surface area (Å²) in [6.45, 7) is 5.05. The first-order chi connectivity index (χ1) is 15.7. The maximum Gasteiger partial charge on any atom is 0.255 e. The Morgan fingerprint density at radius 1 is 1.03 bits per heavy atom. The van der Waals surface area contributed by atoms with E-state index >= 15 is 0 Å². The van der Waals surface area contributed by atoms with Gasteiger partial charge in [-0.1, -0.05) is 35.9 Å². The van der Waals surface area contributed by atoms with E-state index in [1.54, 1.807) is 35.6 Å². The van der Waals surface area contributed by atoms with Crippen LogP contribution in [-0.2, 0) is 6.54 Å². The average molecular weight is 499 g/mol. The molecule has 1 aliphatic rings. The first-order valence-corrected chi connectivity index (χ1v) is 11.8. The van der Waals surface area contributed by atoms with Gasteiger partial charge in [0, 0.05) is 48.9 Å². The van der Waals surface area contributed by atoms with Crippen molar-refractivity contribution in [2.75, 3.05) is 31.5 Å². The van der Waals surface area contributed by atoms with Crippen molar-refractivity contribution in [2.24, 2.45) is 0 Å². The molecule has 5 nitrogen and oxygen atoms in total. The maximum atomic E-state index is 12.8. The largest absolute Gasteiger partial charge is 0.321 e. The lowest BCUT2D eigenvalue weighted by Gasteiger charge is -2.27. The minimum atomic E-state index is -0.172. The van der Waals surface area contributed by atoms with Crippen LogP contribution < -0.4 is 10.6 Å². The predicted octanol–water partition coefficient (Wildman–Crippen LogP) is 5.70. The summed E-state index contributed by atoms with van der Waals surface area (Å²) in [7, 11) is 0. The molecule has 0 radical (unpaired) electrons. The number of fused-ring (bicyclic) bond motifs is 1. The van der Waals surface area contributed by atoms with Crippen molar-refractivity contribution in [1.29, 1.82) is 0 Å². The van der Waals surface area contributed by atoms with Crippen molar-refractivity contribution < 1.29 is 4.79 Å². The van der Waals surface area contributed by atoms with Crippen molar-refractivity contribution in [3.63, 3.8) is 0 Å². The summed E-state index contributed by atoms with van der Waals surface area (Å²) < 4.78 is 1.16. The minimum Gasteiger partial charge on any atom is -0.321 e. The first kappa shape index (κ1) is 23.7. The van der Waals surface area contributed by atoms with Crippen molar-refractivity contribution >= 4 is 57.2 Å². The van der Waals surface area contributed by atoms with Gasteiger partial charge in [0.25, 0.3) is 5.91 Å². The Morgan fingerprint density at radius 3 is 2.58 bits per heavy atom. The lowest BCUT2D eigenvalue weighted by atomic mass is 10.1. The Kier molecular flexibility index (Phi) is 7.63. The van der Waals surface area contributed by atoms with E-state index in [1.807, 2.05) is 24.3 Å². The summed E-state index contributed by atoms with van der Waals surface area (Å²) in [4.78, 5) is 20.2. The van der Waals surface area contributed by atoms with Crippen LogP contribution in [0.2, 0.25) is 5.02 Å². The van der Waals surface area contributed by atoms with Gasteiger partial charge in [-0.25, -0.2) is 4.98 Å². The minimum absolute atomic E-state index is 0. The molecule has 0 bridgehead atoms. The zero-order valence-corrected chi connectivity index (χ0v) is 20.3. The van der Waals surface area contributed by atoms with E-state index in [4.69, 9.17) is 16.6 Å². The van der Waals surface area contributed by atoms with Crippen molar-refractivity contribution in [3.8, 4) is 10.6 Å². The number of thiazole rings is 1. The van der Waals surface area contributed by atoms with Gasteiger partial charge in [0.15, 0.2) is 0 Å². The molecule has 170 valence electrons. The fourth-order valence-corrected chi connectivity index (χ4v) is 5.11. The van der Waals surface area contributed by atoms with Gasteiger partial charge in [-0.15, -0.1) is 23.7 Å². The maximum absolute atomic E-state index is 12.8. The molecule has 4 aromatic rings. The molecule has 33 heavy (non-hydrogen) atoms. The number of carbonyl (C=O) groups excluding carboxylic acids is 1. The van der Waals surface area contributed by atoms with E-state index in [2.05, 4.69) is 33.7 Å². The molecule has 0 aliphatic carbocycles. The normalized spacial score (nSPS) is 14.1. The highest BCUT2D eigenvalue weighted by Crippen LogP contribution is 2.36. The summed E-state index contributed by atoms with van der Waals surface area (Å²) >= 11 is 7.60. The van der Waals surface area contributed by atoms with E-state index < -0.39 is 0 Å². The fourth-order valence-electron chi connectivity index (χ4n) is 3.93. The number of aromatic nitrogens is 1. The Bertz CT molecular complexity index is 1250. The molecule has 1 fully saturated rings. The lowest BCUT2D eigenvalue weighted by Crippen LogP contribution is -2.42. The van der Waals surface area contributed by atoms with E-state index in [0.29, 0.717) is 10.6 Å². The van der Waals surface area contributed by atoms with Crippen molar-refractivity contribution in [2.45, 2.75) is 6.54 Å². The number of carbonyl (C=O) groups is 1. The molecule has 5 rings (SSSR count). The SMILES string of the molecule is Cl.O=C(Nc1ccccc1-c1nc2c(CN3CCNCC3)cccc2s1)c1ccc(Cl)cc1. The molecule has 2 N–H and O–H groups in total. The Morgan fingerprint density at radius 2 is 1.79 bits per heavy atom. The number of para-hydroxylation sites is 2. The van der Waals surface area contributed by atoms with Crippen molar-refractivity contribution in [1.82, 2.24) is 15.2 Å². The van der Waals surface area contributed by atoms with Gasteiger partial charge in [-0.3, -0.25) is 9.69 Å². The molecule has 0 saturated carbocycles. The molecule has 8 heteroatoms.